The van der Waals surface area contributed by atoms with Crippen molar-refractivity contribution in [3.63, 3.8) is 0 Å². The molecule has 18 heavy (non-hydrogen) atoms. The molecular formula is C15H23NO2. The van der Waals surface area contributed by atoms with E-state index in [0.717, 1.165) is 25.1 Å². The molecule has 1 unspecified atom stereocenters. The van der Waals surface area contributed by atoms with Crippen LogP contribution in [0.5, 0.6) is 0 Å². The van der Waals surface area contributed by atoms with Crippen molar-refractivity contribution in [1.82, 2.24) is 0 Å². The first-order valence-electron chi connectivity index (χ1n) is 6.59. The Kier molecular flexibility index (Phi) is 5.69. The van der Waals surface area contributed by atoms with Gasteiger partial charge in [-0.2, -0.15) is 0 Å². The number of carboxylic acids is 1. The number of carbonyl (C=O) groups is 1. The van der Waals surface area contributed by atoms with Crippen molar-refractivity contribution in [3.05, 3.63) is 29.8 Å². The van der Waals surface area contributed by atoms with E-state index in [1.54, 1.807) is 6.92 Å². The molecule has 0 radical (unpaired) electrons. The normalized spacial score (nSPS) is 12.2. The van der Waals surface area contributed by atoms with E-state index in [1.165, 1.54) is 5.56 Å². The van der Waals surface area contributed by atoms with Crippen LogP contribution in [-0.4, -0.2) is 24.2 Å². The highest BCUT2D eigenvalue weighted by molar-refractivity contribution is 5.70. The lowest BCUT2D eigenvalue weighted by Gasteiger charge is -2.26. The van der Waals surface area contributed by atoms with E-state index in [0.29, 0.717) is 6.54 Å². The summed E-state index contributed by atoms with van der Waals surface area (Å²) in [5.74, 6) is -1.08. The van der Waals surface area contributed by atoms with Gasteiger partial charge in [0.25, 0.3) is 0 Å². The van der Waals surface area contributed by atoms with Crippen LogP contribution in [0.15, 0.2) is 24.3 Å². The summed E-state index contributed by atoms with van der Waals surface area (Å²) in [5.41, 5.74) is 2.33. The van der Waals surface area contributed by atoms with Gasteiger partial charge in [0.15, 0.2) is 0 Å². The summed E-state index contributed by atoms with van der Waals surface area (Å²) >= 11 is 0. The number of aryl methyl sites for hydroxylation is 1. The first-order valence-corrected chi connectivity index (χ1v) is 6.59. The Morgan fingerprint density at radius 1 is 1.44 bits per heavy atom. The Morgan fingerprint density at radius 3 is 2.72 bits per heavy atom. The van der Waals surface area contributed by atoms with Crippen LogP contribution in [0.1, 0.15) is 32.3 Å². The van der Waals surface area contributed by atoms with Crippen LogP contribution >= 0.6 is 0 Å². The molecule has 1 atom stereocenters. The van der Waals surface area contributed by atoms with Crippen LogP contribution in [0.2, 0.25) is 0 Å². The zero-order valence-corrected chi connectivity index (χ0v) is 11.5. The van der Waals surface area contributed by atoms with Gasteiger partial charge in [0.2, 0.25) is 0 Å². The molecule has 1 rings (SSSR count). The Hall–Kier alpha value is -1.51. The van der Waals surface area contributed by atoms with Crippen molar-refractivity contribution in [2.24, 2.45) is 5.92 Å². The third-order valence-electron chi connectivity index (χ3n) is 3.06. The summed E-state index contributed by atoms with van der Waals surface area (Å²) in [6.07, 6.45) is 2.20. The number of benzene rings is 1. The van der Waals surface area contributed by atoms with Gasteiger partial charge in [-0.3, -0.25) is 4.79 Å². The second kappa shape index (κ2) is 7.04. The Bertz CT molecular complexity index is 390. The monoisotopic (exact) mass is 249 g/mol. The summed E-state index contributed by atoms with van der Waals surface area (Å²) in [6.45, 7) is 7.45. The van der Waals surface area contributed by atoms with E-state index in [1.807, 2.05) is 6.07 Å². The molecular weight excluding hydrogens is 226 g/mol. The molecule has 0 bridgehead atoms. The summed E-state index contributed by atoms with van der Waals surface area (Å²) in [7, 11) is 0. The minimum atomic E-state index is -0.732. The minimum absolute atomic E-state index is 0.345. The summed E-state index contributed by atoms with van der Waals surface area (Å²) < 4.78 is 0. The number of anilines is 1. The van der Waals surface area contributed by atoms with Gasteiger partial charge in [0, 0.05) is 18.8 Å². The van der Waals surface area contributed by atoms with E-state index in [2.05, 4.69) is 36.9 Å². The third-order valence-corrected chi connectivity index (χ3v) is 3.06. The highest BCUT2D eigenvalue weighted by Gasteiger charge is 2.16. The minimum Gasteiger partial charge on any atom is -0.481 e. The van der Waals surface area contributed by atoms with Gasteiger partial charge in [0.1, 0.15) is 0 Å². The van der Waals surface area contributed by atoms with E-state index in [4.69, 9.17) is 5.11 Å². The van der Waals surface area contributed by atoms with Gasteiger partial charge in [-0.15, -0.1) is 0 Å². The van der Waals surface area contributed by atoms with Crippen molar-refractivity contribution >= 4 is 11.7 Å². The number of hydrogen-bond acceptors (Lipinski definition) is 2. The third kappa shape index (κ3) is 4.40. The largest absolute Gasteiger partial charge is 0.481 e. The number of nitrogens with zero attached hydrogens (tertiary/aromatic N) is 1. The second-order valence-corrected chi connectivity index (χ2v) is 4.88. The second-order valence-electron chi connectivity index (χ2n) is 4.88. The fourth-order valence-electron chi connectivity index (χ4n) is 1.91. The molecule has 100 valence electrons. The van der Waals surface area contributed by atoms with Crippen LogP contribution in [0, 0.1) is 12.8 Å². The molecule has 0 fully saturated rings. The molecule has 0 heterocycles. The molecule has 1 N–H and O–H groups in total. The van der Waals surface area contributed by atoms with Crippen LogP contribution < -0.4 is 4.90 Å². The lowest BCUT2D eigenvalue weighted by Crippen LogP contribution is -2.32. The van der Waals surface area contributed by atoms with Gasteiger partial charge < -0.3 is 10.0 Å². The number of carboxylic acid groups (broad SMARTS) is 1. The molecule has 0 amide bonds. The molecule has 3 heteroatoms. The quantitative estimate of drug-likeness (QED) is 0.806. The van der Waals surface area contributed by atoms with E-state index in [-0.39, 0.29) is 5.92 Å². The summed E-state index contributed by atoms with van der Waals surface area (Å²) in [5, 5.41) is 9.03. The maximum absolute atomic E-state index is 11.0. The zero-order valence-electron chi connectivity index (χ0n) is 11.5. The first-order chi connectivity index (χ1) is 8.54. The average molecular weight is 249 g/mol. The molecule has 0 saturated carbocycles. The topological polar surface area (TPSA) is 40.5 Å². The van der Waals surface area contributed by atoms with Crippen LogP contribution in [0.25, 0.3) is 0 Å². The number of rotatable bonds is 7. The van der Waals surface area contributed by atoms with Crippen LogP contribution in [0.3, 0.4) is 0 Å². The number of aliphatic carboxylic acids is 1. The fraction of sp³-hybridized carbons (Fsp3) is 0.533. The van der Waals surface area contributed by atoms with Crippen molar-refractivity contribution in [2.75, 3.05) is 18.0 Å². The molecule has 1 aromatic carbocycles. The lowest BCUT2D eigenvalue weighted by atomic mass is 10.1. The fourth-order valence-corrected chi connectivity index (χ4v) is 1.91. The van der Waals surface area contributed by atoms with Crippen LogP contribution in [0.4, 0.5) is 5.69 Å². The maximum atomic E-state index is 11.0. The van der Waals surface area contributed by atoms with Gasteiger partial charge >= 0.3 is 5.97 Å². The van der Waals surface area contributed by atoms with Crippen molar-refractivity contribution in [3.8, 4) is 0 Å². The molecule has 3 nitrogen and oxygen atoms in total. The standard InChI is InChI=1S/C15H23NO2/c1-4-5-9-16(11-13(3)15(17)18)14-8-6-7-12(2)10-14/h6-8,10,13H,4-5,9,11H2,1-3H3,(H,17,18). The predicted molar refractivity (Wildman–Crippen MR) is 75.1 cm³/mol. The van der Waals surface area contributed by atoms with Gasteiger partial charge in [-0.25, -0.2) is 0 Å². The molecule has 0 aliphatic carbocycles. The molecule has 0 aromatic heterocycles. The van der Waals surface area contributed by atoms with Crippen molar-refractivity contribution < 1.29 is 9.90 Å². The Labute approximate surface area is 109 Å². The van der Waals surface area contributed by atoms with E-state index in [9.17, 15) is 4.79 Å². The smallest absolute Gasteiger partial charge is 0.308 e. The van der Waals surface area contributed by atoms with Crippen LogP contribution in [-0.2, 0) is 4.79 Å². The maximum Gasteiger partial charge on any atom is 0.308 e. The van der Waals surface area contributed by atoms with Gasteiger partial charge in [-0.1, -0.05) is 32.4 Å². The van der Waals surface area contributed by atoms with Crippen molar-refractivity contribution in [1.29, 1.82) is 0 Å². The SMILES string of the molecule is CCCCN(CC(C)C(=O)O)c1cccc(C)c1. The molecule has 0 aliphatic heterocycles. The van der Waals surface area contributed by atoms with E-state index < -0.39 is 5.97 Å². The summed E-state index contributed by atoms with van der Waals surface area (Å²) in [4.78, 5) is 13.2. The molecule has 0 spiro atoms. The van der Waals surface area contributed by atoms with Crippen molar-refractivity contribution in [2.45, 2.75) is 33.6 Å². The lowest BCUT2D eigenvalue weighted by molar-refractivity contribution is -0.140. The van der Waals surface area contributed by atoms with Gasteiger partial charge in [-0.05, 0) is 31.0 Å². The predicted octanol–water partition coefficient (Wildman–Crippen LogP) is 3.32. The molecule has 1 aromatic rings. The molecule has 0 aliphatic rings. The average Bonchev–Trinajstić information content (AvgIpc) is 2.34. The summed E-state index contributed by atoms with van der Waals surface area (Å²) in [6, 6.07) is 8.25. The Balaban J connectivity index is 2.80. The highest BCUT2D eigenvalue weighted by atomic mass is 16.4. The van der Waals surface area contributed by atoms with Gasteiger partial charge in [0.05, 0.1) is 5.92 Å². The zero-order chi connectivity index (χ0) is 13.5. The first kappa shape index (κ1) is 14.6. The highest BCUT2D eigenvalue weighted by Crippen LogP contribution is 2.18. The number of unbranched alkanes of at least 4 members (excludes halogenated alkanes) is 1. The molecule has 0 saturated heterocycles. The number of hydrogen-bond donors (Lipinski definition) is 1. The Morgan fingerprint density at radius 2 is 2.17 bits per heavy atom. The van der Waals surface area contributed by atoms with E-state index >= 15 is 0 Å².